The van der Waals surface area contributed by atoms with Crippen molar-refractivity contribution >= 4 is 5.91 Å². The van der Waals surface area contributed by atoms with Gasteiger partial charge in [-0.05, 0) is 25.2 Å². The van der Waals surface area contributed by atoms with E-state index >= 15 is 0 Å². The van der Waals surface area contributed by atoms with Gasteiger partial charge in [0.1, 0.15) is 0 Å². The number of rotatable bonds is 7. The molecule has 1 aliphatic rings. The zero-order chi connectivity index (χ0) is 14.4. The summed E-state index contributed by atoms with van der Waals surface area (Å²) in [6, 6.07) is 0.215. The average Bonchev–Trinajstić information content (AvgIpc) is 3.09. The highest BCUT2D eigenvalue weighted by Crippen LogP contribution is 2.24. The smallest absolute Gasteiger partial charge is 0.224 e. The van der Waals surface area contributed by atoms with Crippen LogP contribution >= 0.6 is 0 Å². The minimum atomic E-state index is 0.215. The number of likely N-dealkylation sites (tertiary alicyclic amines) is 1. The highest BCUT2D eigenvalue weighted by atomic mass is 16.3. The second-order valence-electron chi connectivity index (χ2n) is 5.66. The fraction of sp³-hybridized carbons (Fsp3) is 0.733. The standard InChI is InChI=1S/C15H25N3O2/c1-2-3-14(18-8-6-16-12-18)10-15(20)17-7-4-13(11-17)5-9-19/h6,8,12-14,19H,2-5,7,9-11H2,1H3. The number of amides is 1. The fourth-order valence-corrected chi connectivity index (χ4v) is 2.98. The SMILES string of the molecule is CCCC(CC(=O)N1CCC(CCO)C1)n1ccnc1. The van der Waals surface area contributed by atoms with Crippen LogP contribution in [0.5, 0.6) is 0 Å². The molecule has 1 aliphatic heterocycles. The molecule has 2 heterocycles. The Labute approximate surface area is 120 Å². The molecule has 1 saturated heterocycles. The third-order valence-corrected chi connectivity index (χ3v) is 4.15. The lowest BCUT2D eigenvalue weighted by atomic mass is 10.1. The van der Waals surface area contributed by atoms with Gasteiger partial charge in [-0.2, -0.15) is 0 Å². The molecule has 0 bridgehead atoms. The molecular formula is C15H25N3O2. The number of aliphatic hydroxyl groups excluding tert-OH is 1. The van der Waals surface area contributed by atoms with Crippen LogP contribution in [0.2, 0.25) is 0 Å². The number of aliphatic hydroxyl groups is 1. The van der Waals surface area contributed by atoms with Crippen molar-refractivity contribution in [2.75, 3.05) is 19.7 Å². The van der Waals surface area contributed by atoms with E-state index in [0.717, 1.165) is 38.8 Å². The minimum absolute atomic E-state index is 0.215. The molecule has 0 saturated carbocycles. The van der Waals surface area contributed by atoms with E-state index in [1.165, 1.54) is 0 Å². The van der Waals surface area contributed by atoms with E-state index in [-0.39, 0.29) is 18.6 Å². The van der Waals surface area contributed by atoms with E-state index in [1.807, 2.05) is 15.7 Å². The lowest BCUT2D eigenvalue weighted by molar-refractivity contribution is -0.131. The van der Waals surface area contributed by atoms with Crippen molar-refractivity contribution < 1.29 is 9.90 Å². The maximum atomic E-state index is 12.4. The second kappa shape index (κ2) is 7.43. The molecule has 5 nitrogen and oxygen atoms in total. The van der Waals surface area contributed by atoms with E-state index in [4.69, 9.17) is 5.11 Å². The predicted octanol–water partition coefficient (Wildman–Crippen LogP) is 1.85. The van der Waals surface area contributed by atoms with Crippen LogP contribution in [0.25, 0.3) is 0 Å². The van der Waals surface area contributed by atoms with Crippen LogP contribution in [0.1, 0.15) is 45.1 Å². The zero-order valence-corrected chi connectivity index (χ0v) is 12.2. The van der Waals surface area contributed by atoms with Gasteiger partial charge in [0.2, 0.25) is 5.91 Å². The number of imidazole rings is 1. The summed E-state index contributed by atoms with van der Waals surface area (Å²) in [6.07, 6.45) is 9.94. The maximum absolute atomic E-state index is 12.4. The molecule has 1 fully saturated rings. The van der Waals surface area contributed by atoms with Crippen LogP contribution in [0.3, 0.4) is 0 Å². The first-order valence-corrected chi connectivity index (χ1v) is 7.60. The fourth-order valence-electron chi connectivity index (χ4n) is 2.98. The van der Waals surface area contributed by atoms with Crippen LogP contribution in [0.15, 0.2) is 18.7 Å². The predicted molar refractivity (Wildman–Crippen MR) is 77.2 cm³/mol. The third kappa shape index (κ3) is 3.82. The Bertz CT molecular complexity index is 405. The molecule has 1 aromatic heterocycles. The van der Waals surface area contributed by atoms with Crippen LogP contribution < -0.4 is 0 Å². The highest BCUT2D eigenvalue weighted by molar-refractivity contribution is 5.76. The Morgan fingerprint density at radius 1 is 1.55 bits per heavy atom. The van der Waals surface area contributed by atoms with Crippen molar-refractivity contribution in [1.29, 1.82) is 0 Å². The van der Waals surface area contributed by atoms with Crippen LogP contribution in [-0.4, -0.2) is 45.2 Å². The monoisotopic (exact) mass is 279 g/mol. The van der Waals surface area contributed by atoms with Crippen molar-refractivity contribution in [2.24, 2.45) is 5.92 Å². The van der Waals surface area contributed by atoms with Gasteiger partial charge in [0, 0.05) is 44.6 Å². The van der Waals surface area contributed by atoms with Gasteiger partial charge < -0.3 is 14.6 Å². The second-order valence-corrected chi connectivity index (χ2v) is 5.66. The largest absolute Gasteiger partial charge is 0.396 e. The number of hydrogen-bond acceptors (Lipinski definition) is 3. The number of nitrogens with zero attached hydrogens (tertiary/aromatic N) is 3. The van der Waals surface area contributed by atoms with Crippen molar-refractivity contribution in [3.05, 3.63) is 18.7 Å². The van der Waals surface area contributed by atoms with E-state index < -0.39 is 0 Å². The molecule has 1 N–H and O–H groups in total. The van der Waals surface area contributed by atoms with Gasteiger partial charge in [-0.25, -0.2) is 4.98 Å². The Morgan fingerprint density at radius 3 is 3.05 bits per heavy atom. The molecule has 5 heteroatoms. The molecule has 2 rings (SSSR count). The zero-order valence-electron chi connectivity index (χ0n) is 12.2. The Balaban J connectivity index is 1.89. The van der Waals surface area contributed by atoms with Gasteiger partial charge in [0.25, 0.3) is 0 Å². The van der Waals surface area contributed by atoms with E-state index in [2.05, 4.69) is 11.9 Å². The van der Waals surface area contributed by atoms with Gasteiger partial charge >= 0.3 is 0 Å². The minimum Gasteiger partial charge on any atom is -0.396 e. The van der Waals surface area contributed by atoms with Crippen molar-refractivity contribution in [3.8, 4) is 0 Å². The topological polar surface area (TPSA) is 58.4 Å². The summed E-state index contributed by atoms with van der Waals surface area (Å²) in [5, 5.41) is 8.98. The highest BCUT2D eigenvalue weighted by Gasteiger charge is 2.27. The molecule has 1 aromatic rings. The lowest BCUT2D eigenvalue weighted by Crippen LogP contribution is -2.30. The molecule has 2 unspecified atom stereocenters. The van der Waals surface area contributed by atoms with E-state index in [0.29, 0.717) is 12.3 Å². The first-order chi connectivity index (χ1) is 9.74. The number of carbonyl (C=O) groups is 1. The summed E-state index contributed by atoms with van der Waals surface area (Å²) in [4.78, 5) is 18.4. The average molecular weight is 279 g/mol. The maximum Gasteiger partial charge on any atom is 0.224 e. The normalized spacial score (nSPS) is 20.3. The van der Waals surface area contributed by atoms with Crippen molar-refractivity contribution in [1.82, 2.24) is 14.5 Å². The Hall–Kier alpha value is -1.36. The van der Waals surface area contributed by atoms with Gasteiger partial charge in [0.15, 0.2) is 0 Å². The number of aromatic nitrogens is 2. The molecule has 0 spiro atoms. The molecule has 0 aliphatic carbocycles. The molecule has 20 heavy (non-hydrogen) atoms. The lowest BCUT2D eigenvalue weighted by Gasteiger charge is -2.22. The van der Waals surface area contributed by atoms with Gasteiger partial charge in [0.05, 0.1) is 6.33 Å². The van der Waals surface area contributed by atoms with Crippen molar-refractivity contribution in [2.45, 2.75) is 45.1 Å². The number of carbonyl (C=O) groups excluding carboxylic acids is 1. The summed E-state index contributed by atoms with van der Waals surface area (Å²) in [6.45, 7) is 4.01. The molecule has 2 atom stereocenters. The Kier molecular flexibility index (Phi) is 5.59. The van der Waals surface area contributed by atoms with Crippen LogP contribution in [0.4, 0.5) is 0 Å². The van der Waals surface area contributed by atoms with E-state index in [9.17, 15) is 4.79 Å². The molecule has 0 aromatic carbocycles. The quantitative estimate of drug-likeness (QED) is 0.828. The molecular weight excluding hydrogens is 254 g/mol. The van der Waals surface area contributed by atoms with Gasteiger partial charge in [-0.15, -0.1) is 0 Å². The van der Waals surface area contributed by atoms with Crippen LogP contribution in [0, 0.1) is 5.92 Å². The first kappa shape index (κ1) is 15.0. The van der Waals surface area contributed by atoms with Gasteiger partial charge in [-0.3, -0.25) is 4.79 Å². The summed E-state index contributed by atoms with van der Waals surface area (Å²) in [5.74, 6) is 0.708. The van der Waals surface area contributed by atoms with Crippen LogP contribution in [-0.2, 0) is 4.79 Å². The summed E-state index contributed by atoms with van der Waals surface area (Å²) >= 11 is 0. The Morgan fingerprint density at radius 2 is 2.40 bits per heavy atom. The van der Waals surface area contributed by atoms with Crippen molar-refractivity contribution in [3.63, 3.8) is 0 Å². The third-order valence-electron chi connectivity index (χ3n) is 4.15. The van der Waals surface area contributed by atoms with E-state index in [1.54, 1.807) is 12.5 Å². The molecule has 112 valence electrons. The number of hydrogen-bond donors (Lipinski definition) is 1. The van der Waals surface area contributed by atoms with Gasteiger partial charge in [-0.1, -0.05) is 13.3 Å². The summed E-state index contributed by atoms with van der Waals surface area (Å²) < 4.78 is 2.04. The summed E-state index contributed by atoms with van der Waals surface area (Å²) in [5.41, 5.74) is 0. The molecule has 1 amide bonds. The first-order valence-electron chi connectivity index (χ1n) is 7.60. The molecule has 0 radical (unpaired) electrons. The summed E-state index contributed by atoms with van der Waals surface area (Å²) in [7, 11) is 0.